The molecule has 0 aromatic carbocycles. The highest BCUT2D eigenvalue weighted by atomic mass is 32.1. The van der Waals surface area contributed by atoms with Gasteiger partial charge in [-0.05, 0) is 50.2 Å². The van der Waals surface area contributed by atoms with Crippen LogP contribution in [0.3, 0.4) is 0 Å². The molecule has 2 rings (SSSR count). The Morgan fingerprint density at radius 3 is 2.95 bits per heavy atom. The van der Waals surface area contributed by atoms with Crippen molar-refractivity contribution in [3.05, 3.63) is 21.4 Å². The van der Waals surface area contributed by atoms with E-state index in [2.05, 4.69) is 17.6 Å². The van der Waals surface area contributed by atoms with Crippen LogP contribution in [-0.4, -0.2) is 24.4 Å². The topological polar surface area (TPSA) is 58.2 Å². The molecule has 0 saturated heterocycles. The molecule has 2 atom stereocenters. The van der Waals surface area contributed by atoms with E-state index in [1.54, 1.807) is 18.3 Å². The molecule has 21 heavy (non-hydrogen) atoms. The molecule has 2 N–H and O–H groups in total. The zero-order valence-electron chi connectivity index (χ0n) is 13.0. The van der Waals surface area contributed by atoms with Crippen LogP contribution in [0, 0.1) is 5.92 Å². The summed E-state index contributed by atoms with van der Waals surface area (Å²) in [5, 5.41) is 5.58. The molecular weight excluding hydrogens is 284 g/mol. The highest BCUT2D eigenvalue weighted by Crippen LogP contribution is 2.32. The monoisotopic (exact) mass is 308 g/mol. The first-order chi connectivity index (χ1) is 10.0. The zero-order chi connectivity index (χ0) is 15.4. The fraction of sp³-hybridized carbons (Fsp3) is 0.625. The van der Waals surface area contributed by atoms with Gasteiger partial charge in [0.1, 0.15) is 6.04 Å². The Labute approximate surface area is 130 Å². The summed E-state index contributed by atoms with van der Waals surface area (Å²) in [4.78, 5) is 26.1. The fourth-order valence-electron chi connectivity index (χ4n) is 2.55. The lowest BCUT2D eigenvalue weighted by Crippen LogP contribution is -2.44. The molecule has 2 amide bonds. The average molecular weight is 308 g/mol. The molecule has 1 aliphatic carbocycles. The van der Waals surface area contributed by atoms with Crippen molar-refractivity contribution in [2.24, 2.45) is 5.92 Å². The van der Waals surface area contributed by atoms with E-state index in [9.17, 15) is 9.59 Å². The number of nitrogens with one attached hydrogen (secondary N) is 2. The summed E-state index contributed by atoms with van der Waals surface area (Å²) in [6.45, 7) is 6.61. The predicted octanol–water partition coefficient (Wildman–Crippen LogP) is 2.52. The van der Waals surface area contributed by atoms with Gasteiger partial charge in [0.2, 0.25) is 5.91 Å². The first-order valence-corrected chi connectivity index (χ1v) is 8.53. The summed E-state index contributed by atoms with van der Waals surface area (Å²) in [6.07, 6.45) is 4.22. The summed E-state index contributed by atoms with van der Waals surface area (Å²) >= 11 is 1.57. The van der Waals surface area contributed by atoms with Crippen molar-refractivity contribution in [3.8, 4) is 0 Å². The second-order valence-electron chi connectivity index (χ2n) is 5.89. The number of aryl methyl sites for hydroxylation is 1. The summed E-state index contributed by atoms with van der Waals surface area (Å²) in [7, 11) is 0. The van der Waals surface area contributed by atoms with Crippen molar-refractivity contribution < 1.29 is 9.59 Å². The molecule has 1 aliphatic rings. The summed E-state index contributed by atoms with van der Waals surface area (Å²) in [5.41, 5.74) is 1.31. The van der Waals surface area contributed by atoms with Crippen molar-refractivity contribution >= 4 is 23.2 Å². The van der Waals surface area contributed by atoms with E-state index < -0.39 is 6.04 Å². The molecule has 0 saturated carbocycles. The van der Waals surface area contributed by atoms with E-state index in [0.29, 0.717) is 12.5 Å². The SMILES string of the molecule is CCCNC(=O)[C@H](C)NC(=O)c1cc2c(s1)CC[C@H](C)C2. The maximum absolute atomic E-state index is 12.3. The Hall–Kier alpha value is -1.36. The van der Waals surface area contributed by atoms with Gasteiger partial charge in [0.05, 0.1) is 4.88 Å². The van der Waals surface area contributed by atoms with Crippen LogP contribution in [0.5, 0.6) is 0 Å². The second kappa shape index (κ2) is 7.07. The first-order valence-electron chi connectivity index (χ1n) is 7.71. The lowest BCUT2D eigenvalue weighted by Gasteiger charge is -2.16. The van der Waals surface area contributed by atoms with Crippen LogP contribution >= 0.6 is 11.3 Å². The van der Waals surface area contributed by atoms with Crippen LogP contribution in [-0.2, 0) is 17.6 Å². The van der Waals surface area contributed by atoms with Crippen LogP contribution in [0.15, 0.2) is 6.07 Å². The number of thiophene rings is 1. The third-order valence-corrected chi connectivity index (χ3v) is 5.08. The van der Waals surface area contributed by atoms with Gasteiger partial charge in [-0.15, -0.1) is 11.3 Å². The van der Waals surface area contributed by atoms with E-state index in [4.69, 9.17) is 0 Å². The molecule has 5 heteroatoms. The van der Waals surface area contributed by atoms with E-state index in [-0.39, 0.29) is 11.8 Å². The number of hydrogen-bond donors (Lipinski definition) is 2. The Morgan fingerprint density at radius 1 is 1.48 bits per heavy atom. The molecule has 0 spiro atoms. The summed E-state index contributed by atoms with van der Waals surface area (Å²) < 4.78 is 0. The molecule has 0 fully saturated rings. The lowest BCUT2D eigenvalue weighted by molar-refractivity contribution is -0.122. The lowest BCUT2D eigenvalue weighted by atomic mass is 9.90. The van der Waals surface area contributed by atoms with Gasteiger partial charge in [-0.2, -0.15) is 0 Å². The van der Waals surface area contributed by atoms with Crippen molar-refractivity contribution in [1.29, 1.82) is 0 Å². The second-order valence-corrected chi connectivity index (χ2v) is 7.03. The minimum Gasteiger partial charge on any atom is -0.354 e. The van der Waals surface area contributed by atoms with Crippen molar-refractivity contribution in [2.75, 3.05) is 6.54 Å². The van der Waals surface area contributed by atoms with Gasteiger partial charge in [-0.1, -0.05) is 13.8 Å². The molecule has 0 bridgehead atoms. The van der Waals surface area contributed by atoms with E-state index in [1.165, 1.54) is 16.9 Å². The fourth-order valence-corrected chi connectivity index (χ4v) is 3.66. The maximum atomic E-state index is 12.3. The van der Waals surface area contributed by atoms with Gasteiger partial charge in [-0.3, -0.25) is 9.59 Å². The minimum absolute atomic E-state index is 0.125. The van der Waals surface area contributed by atoms with Gasteiger partial charge >= 0.3 is 0 Å². The summed E-state index contributed by atoms with van der Waals surface area (Å²) in [6, 6.07) is 1.50. The number of carbonyl (C=O) groups is 2. The van der Waals surface area contributed by atoms with Gasteiger partial charge in [0.25, 0.3) is 5.91 Å². The zero-order valence-corrected chi connectivity index (χ0v) is 13.8. The smallest absolute Gasteiger partial charge is 0.262 e. The molecule has 0 radical (unpaired) electrons. The average Bonchev–Trinajstić information content (AvgIpc) is 2.87. The van der Waals surface area contributed by atoms with E-state index in [0.717, 1.165) is 24.1 Å². The number of hydrogen-bond acceptors (Lipinski definition) is 3. The molecule has 1 aromatic heterocycles. The van der Waals surface area contributed by atoms with Crippen LogP contribution in [0.4, 0.5) is 0 Å². The molecule has 0 unspecified atom stereocenters. The van der Waals surface area contributed by atoms with Crippen molar-refractivity contribution in [3.63, 3.8) is 0 Å². The molecule has 1 heterocycles. The van der Waals surface area contributed by atoms with Crippen molar-refractivity contribution in [1.82, 2.24) is 10.6 Å². The number of fused-ring (bicyclic) bond motifs is 1. The quantitative estimate of drug-likeness (QED) is 0.878. The normalized spacial score (nSPS) is 18.7. The number of amides is 2. The maximum Gasteiger partial charge on any atom is 0.262 e. The first kappa shape index (κ1) is 16.0. The Bertz CT molecular complexity index is 524. The van der Waals surface area contributed by atoms with Crippen LogP contribution in [0.2, 0.25) is 0 Å². The minimum atomic E-state index is -0.498. The molecule has 4 nitrogen and oxygen atoms in total. The van der Waals surface area contributed by atoms with E-state index >= 15 is 0 Å². The standard InChI is InChI=1S/C16H24N2O2S/c1-4-7-17-15(19)11(3)18-16(20)14-9-12-8-10(2)5-6-13(12)21-14/h9-11H,4-8H2,1-3H3,(H,17,19)(H,18,20)/t10-,11-/m0/s1. The third-order valence-electron chi connectivity index (χ3n) is 3.84. The molecule has 1 aromatic rings. The van der Waals surface area contributed by atoms with Crippen LogP contribution < -0.4 is 10.6 Å². The van der Waals surface area contributed by atoms with Gasteiger partial charge in [0, 0.05) is 11.4 Å². The number of rotatable bonds is 5. The van der Waals surface area contributed by atoms with Gasteiger partial charge in [0.15, 0.2) is 0 Å². The Morgan fingerprint density at radius 2 is 2.24 bits per heavy atom. The summed E-state index contributed by atoms with van der Waals surface area (Å²) in [5.74, 6) is 0.433. The third kappa shape index (κ3) is 4.06. The highest BCUT2D eigenvalue weighted by molar-refractivity contribution is 7.14. The highest BCUT2D eigenvalue weighted by Gasteiger charge is 2.22. The molecule has 0 aliphatic heterocycles. The predicted molar refractivity (Wildman–Crippen MR) is 85.7 cm³/mol. The Balaban J connectivity index is 1.96. The van der Waals surface area contributed by atoms with Gasteiger partial charge in [-0.25, -0.2) is 0 Å². The van der Waals surface area contributed by atoms with E-state index in [1.807, 2.05) is 13.0 Å². The molecular formula is C16H24N2O2S. The largest absolute Gasteiger partial charge is 0.354 e. The Kier molecular flexibility index (Phi) is 5.39. The van der Waals surface area contributed by atoms with Crippen molar-refractivity contribution in [2.45, 2.75) is 52.5 Å². The van der Waals surface area contributed by atoms with Gasteiger partial charge < -0.3 is 10.6 Å². The number of carbonyl (C=O) groups excluding carboxylic acids is 2. The molecule has 116 valence electrons. The van der Waals surface area contributed by atoms with Crippen LogP contribution in [0.1, 0.15) is 53.7 Å². The van der Waals surface area contributed by atoms with Crippen LogP contribution in [0.25, 0.3) is 0 Å².